The van der Waals surface area contributed by atoms with Crippen LogP contribution in [0.2, 0.25) is 0 Å². The highest BCUT2D eigenvalue weighted by atomic mass is 16.2. The molecule has 16 heavy (non-hydrogen) atoms. The molecule has 0 radical (unpaired) electrons. The summed E-state index contributed by atoms with van der Waals surface area (Å²) in [5.74, 6) is 1.43. The minimum Gasteiger partial charge on any atom is -0.333 e. The fraction of sp³-hybridized carbons (Fsp3) is 0.917. The predicted molar refractivity (Wildman–Crippen MR) is 62.2 cm³/mol. The van der Waals surface area contributed by atoms with Gasteiger partial charge in [-0.05, 0) is 44.2 Å². The van der Waals surface area contributed by atoms with E-state index in [-0.39, 0.29) is 6.03 Å². The van der Waals surface area contributed by atoms with Gasteiger partial charge in [-0.15, -0.1) is 0 Å². The average Bonchev–Trinajstić information content (AvgIpc) is 2.76. The molecule has 2 heterocycles. The summed E-state index contributed by atoms with van der Waals surface area (Å²) in [7, 11) is 0. The first-order chi connectivity index (χ1) is 7.83. The number of carbonyl (C=O) groups excluding carboxylic acids is 1. The van der Waals surface area contributed by atoms with Gasteiger partial charge in [-0.25, -0.2) is 4.79 Å². The third-order valence-electron chi connectivity index (χ3n) is 4.37. The molecule has 2 atom stereocenters. The summed E-state index contributed by atoms with van der Waals surface area (Å²) in [4.78, 5) is 13.8. The summed E-state index contributed by atoms with van der Waals surface area (Å²) in [6.45, 7) is 4.09. The van der Waals surface area contributed by atoms with E-state index < -0.39 is 0 Å². The third kappa shape index (κ3) is 1.90. The van der Waals surface area contributed by atoms with Gasteiger partial charge in [0.2, 0.25) is 0 Å². The molecule has 0 aromatic carbocycles. The fourth-order valence-electron chi connectivity index (χ4n) is 3.06. The Morgan fingerprint density at radius 2 is 2.19 bits per heavy atom. The van der Waals surface area contributed by atoms with Gasteiger partial charge in [0.25, 0.3) is 0 Å². The van der Waals surface area contributed by atoms with E-state index in [9.17, 15) is 4.79 Å². The van der Waals surface area contributed by atoms with Crippen LogP contribution in [0.5, 0.6) is 0 Å². The van der Waals surface area contributed by atoms with Gasteiger partial charge in [-0.3, -0.25) is 0 Å². The van der Waals surface area contributed by atoms with Crippen molar-refractivity contribution in [2.24, 2.45) is 11.8 Å². The molecule has 0 bridgehead atoms. The van der Waals surface area contributed by atoms with Crippen molar-refractivity contribution in [2.75, 3.05) is 26.2 Å². The Labute approximate surface area is 96.8 Å². The van der Waals surface area contributed by atoms with Crippen LogP contribution in [0, 0.1) is 11.8 Å². The Morgan fingerprint density at radius 3 is 2.81 bits per heavy atom. The molecule has 0 spiro atoms. The SMILES string of the molecule is O=C1NC(C2CCC2)CN1CC1CCNC1. The molecule has 4 nitrogen and oxygen atoms in total. The first-order valence-electron chi connectivity index (χ1n) is 6.59. The van der Waals surface area contributed by atoms with Crippen molar-refractivity contribution in [2.45, 2.75) is 31.7 Å². The molecule has 3 fully saturated rings. The smallest absolute Gasteiger partial charge is 0.317 e. The maximum atomic E-state index is 11.8. The summed E-state index contributed by atoms with van der Waals surface area (Å²) in [5.41, 5.74) is 0. The van der Waals surface area contributed by atoms with Crippen LogP contribution in [0.25, 0.3) is 0 Å². The molecule has 4 heteroatoms. The van der Waals surface area contributed by atoms with Gasteiger partial charge in [-0.2, -0.15) is 0 Å². The number of hydrogen-bond donors (Lipinski definition) is 2. The standard InChI is InChI=1S/C12H21N3O/c16-12-14-11(10-2-1-3-10)8-15(12)7-9-4-5-13-6-9/h9-11,13H,1-8H2,(H,14,16). The largest absolute Gasteiger partial charge is 0.333 e. The maximum Gasteiger partial charge on any atom is 0.317 e. The molecule has 0 aromatic rings. The number of hydrogen-bond acceptors (Lipinski definition) is 2. The number of carbonyl (C=O) groups is 1. The van der Waals surface area contributed by atoms with Crippen LogP contribution in [-0.4, -0.2) is 43.2 Å². The summed E-state index contributed by atoms with van der Waals surface area (Å²) >= 11 is 0. The molecule has 2 amide bonds. The monoisotopic (exact) mass is 223 g/mol. The maximum absolute atomic E-state index is 11.8. The van der Waals surface area contributed by atoms with Crippen molar-refractivity contribution in [3.8, 4) is 0 Å². The molecule has 2 N–H and O–H groups in total. The Morgan fingerprint density at radius 1 is 1.31 bits per heavy atom. The van der Waals surface area contributed by atoms with Crippen LogP contribution in [0.15, 0.2) is 0 Å². The van der Waals surface area contributed by atoms with Crippen molar-refractivity contribution >= 4 is 6.03 Å². The highest BCUT2D eigenvalue weighted by Gasteiger charge is 2.37. The van der Waals surface area contributed by atoms with Crippen molar-refractivity contribution in [1.82, 2.24) is 15.5 Å². The fourth-order valence-corrected chi connectivity index (χ4v) is 3.06. The van der Waals surface area contributed by atoms with E-state index in [1.165, 1.54) is 25.7 Å². The summed E-state index contributed by atoms with van der Waals surface area (Å²) in [5, 5.41) is 6.51. The van der Waals surface area contributed by atoms with Crippen LogP contribution in [0.1, 0.15) is 25.7 Å². The van der Waals surface area contributed by atoms with E-state index in [4.69, 9.17) is 0 Å². The van der Waals surface area contributed by atoms with Gasteiger partial charge in [0.1, 0.15) is 0 Å². The van der Waals surface area contributed by atoms with Crippen LogP contribution < -0.4 is 10.6 Å². The van der Waals surface area contributed by atoms with E-state index in [0.29, 0.717) is 12.0 Å². The molecule has 3 aliphatic rings. The van der Waals surface area contributed by atoms with Gasteiger partial charge in [0, 0.05) is 13.1 Å². The van der Waals surface area contributed by atoms with Gasteiger partial charge in [-0.1, -0.05) is 6.42 Å². The zero-order valence-electron chi connectivity index (χ0n) is 9.74. The van der Waals surface area contributed by atoms with Crippen LogP contribution in [0.3, 0.4) is 0 Å². The molecule has 1 aliphatic carbocycles. The quantitative estimate of drug-likeness (QED) is 0.743. The minimum atomic E-state index is 0.170. The molecule has 0 aromatic heterocycles. The molecule has 2 unspecified atom stereocenters. The van der Waals surface area contributed by atoms with Gasteiger partial charge >= 0.3 is 6.03 Å². The van der Waals surface area contributed by atoms with E-state index in [1.807, 2.05) is 4.90 Å². The zero-order valence-corrected chi connectivity index (χ0v) is 9.74. The molecule has 3 rings (SSSR count). The normalized spacial score (nSPS) is 35.2. The molecule has 90 valence electrons. The lowest BCUT2D eigenvalue weighted by Crippen LogP contribution is -2.37. The van der Waals surface area contributed by atoms with Crippen LogP contribution >= 0.6 is 0 Å². The van der Waals surface area contributed by atoms with Crippen LogP contribution in [-0.2, 0) is 0 Å². The first kappa shape index (κ1) is 10.4. The topological polar surface area (TPSA) is 44.4 Å². The Bertz CT molecular complexity index is 271. The Balaban J connectivity index is 1.53. The van der Waals surface area contributed by atoms with Gasteiger partial charge in [0.15, 0.2) is 0 Å². The van der Waals surface area contributed by atoms with Crippen molar-refractivity contribution < 1.29 is 4.79 Å². The summed E-state index contributed by atoms with van der Waals surface area (Å²) in [6, 6.07) is 0.611. The number of urea groups is 1. The predicted octanol–water partition coefficient (Wildman–Crippen LogP) is 0.790. The second-order valence-corrected chi connectivity index (χ2v) is 5.51. The molecule has 2 aliphatic heterocycles. The van der Waals surface area contributed by atoms with E-state index in [0.717, 1.165) is 32.1 Å². The van der Waals surface area contributed by atoms with Gasteiger partial charge < -0.3 is 15.5 Å². The van der Waals surface area contributed by atoms with E-state index in [2.05, 4.69) is 10.6 Å². The first-order valence-corrected chi connectivity index (χ1v) is 6.59. The zero-order chi connectivity index (χ0) is 11.0. The lowest BCUT2D eigenvalue weighted by atomic mass is 9.80. The number of nitrogens with one attached hydrogen (secondary N) is 2. The number of amides is 2. The summed E-state index contributed by atoms with van der Waals surface area (Å²) < 4.78 is 0. The van der Waals surface area contributed by atoms with Crippen molar-refractivity contribution in [3.05, 3.63) is 0 Å². The molecular weight excluding hydrogens is 202 g/mol. The lowest BCUT2D eigenvalue weighted by molar-refractivity contribution is 0.209. The molecule has 1 saturated carbocycles. The Kier molecular flexibility index (Phi) is 2.75. The average molecular weight is 223 g/mol. The van der Waals surface area contributed by atoms with Crippen molar-refractivity contribution in [3.63, 3.8) is 0 Å². The Hall–Kier alpha value is -0.770. The van der Waals surface area contributed by atoms with Crippen molar-refractivity contribution in [1.29, 1.82) is 0 Å². The van der Waals surface area contributed by atoms with Crippen LogP contribution in [0.4, 0.5) is 4.79 Å². The van der Waals surface area contributed by atoms with E-state index in [1.54, 1.807) is 0 Å². The number of rotatable bonds is 3. The minimum absolute atomic E-state index is 0.170. The second-order valence-electron chi connectivity index (χ2n) is 5.51. The second kappa shape index (κ2) is 4.24. The molecular formula is C12H21N3O. The van der Waals surface area contributed by atoms with Gasteiger partial charge in [0.05, 0.1) is 6.04 Å². The lowest BCUT2D eigenvalue weighted by Gasteiger charge is -2.30. The summed E-state index contributed by atoms with van der Waals surface area (Å²) in [6.07, 6.45) is 5.19. The number of nitrogens with zero attached hydrogens (tertiary/aromatic N) is 1. The third-order valence-corrected chi connectivity index (χ3v) is 4.37. The highest BCUT2D eigenvalue weighted by molar-refractivity contribution is 5.77. The van der Waals surface area contributed by atoms with E-state index >= 15 is 0 Å². The molecule has 2 saturated heterocycles. The highest BCUT2D eigenvalue weighted by Crippen LogP contribution is 2.31.